The molecular weight excluding hydrogens is 242 g/mol. The third kappa shape index (κ3) is 1.73. The Kier molecular flexibility index (Phi) is 2.60. The van der Waals surface area contributed by atoms with Gasteiger partial charge in [0.25, 0.3) is 0 Å². The van der Waals surface area contributed by atoms with E-state index in [1.54, 1.807) is 0 Å². The summed E-state index contributed by atoms with van der Waals surface area (Å²) in [6.07, 6.45) is 2.25. The summed E-state index contributed by atoms with van der Waals surface area (Å²) >= 11 is 0. The van der Waals surface area contributed by atoms with Crippen molar-refractivity contribution in [3.8, 4) is 0 Å². The largest absolute Gasteiger partial charge is 0.481 e. The highest BCUT2D eigenvalue weighted by molar-refractivity contribution is 5.79. The molecule has 0 amide bonds. The van der Waals surface area contributed by atoms with Crippen molar-refractivity contribution in [1.29, 1.82) is 0 Å². The van der Waals surface area contributed by atoms with Crippen LogP contribution in [0.25, 0.3) is 11.0 Å². The summed E-state index contributed by atoms with van der Waals surface area (Å²) in [5.41, 5.74) is 8.08. The van der Waals surface area contributed by atoms with Gasteiger partial charge in [0.1, 0.15) is 5.82 Å². The van der Waals surface area contributed by atoms with Crippen LogP contribution in [0.3, 0.4) is 0 Å². The zero-order valence-corrected chi connectivity index (χ0v) is 10.8. The van der Waals surface area contributed by atoms with Gasteiger partial charge in [-0.3, -0.25) is 4.79 Å². The summed E-state index contributed by atoms with van der Waals surface area (Å²) in [6.45, 7) is 1.89. The van der Waals surface area contributed by atoms with Crippen LogP contribution in [0.1, 0.15) is 36.7 Å². The van der Waals surface area contributed by atoms with Gasteiger partial charge >= 0.3 is 5.97 Å². The van der Waals surface area contributed by atoms with Crippen LogP contribution in [0.4, 0.5) is 0 Å². The zero-order valence-electron chi connectivity index (χ0n) is 10.8. The Morgan fingerprint density at radius 1 is 1.53 bits per heavy atom. The molecule has 0 bridgehead atoms. The van der Waals surface area contributed by atoms with Crippen LogP contribution in [0, 0.1) is 12.3 Å². The molecule has 1 saturated carbocycles. The summed E-state index contributed by atoms with van der Waals surface area (Å²) in [5, 5.41) is 9.43. The van der Waals surface area contributed by atoms with Crippen molar-refractivity contribution < 1.29 is 9.90 Å². The highest BCUT2D eigenvalue weighted by atomic mass is 16.4. The molecule has 2 aromatic rings. The lowest BCUT2D eigenvalue weighted by atomic mass is 9.62. The second kappa shape index (κ2) is 4.06. The van der Waals surface area contributed by atoms with Crippen molar-refractivity contribution in [2.24, 2.45) is 11.1 Å². The SMILES string of the molecule is Cc1nc2ccc(C(N)C3(C(=O)O)CCC3)cc2[nH]1. The van der Waals surface area contributed by atoms with Crippen LogP contribution in [0.5, 0.6) is 0 Å². The number of carbonyl (C=O) groups is 1. The van der Waals surface area contributed by atoms with Gasteiger partial charge in [-0.25, -0.2) is 4.98 Å². The average molecular weight is 259 g/mol. The van der Waals surface area contributed by atoms with E-state index in [9.17, 15) is 9.90 Å². The number of hydrogen-bond acceptors (Lipinski definition) is 3. The summed E-state index contributed by atoms with van der Waals surface area (Å²) in [4.78, 5) is 19.0. The van der Waals surface area contributed by atoms with Crippen LogP contribution in [-0.2, 0) is 4.79 Å². The molecule has 1 atom stereocenters. The summed E-state index contributed by atoms with van der Waals surface area (Å²) in [7, 11) is 0. The molecule has 1 heterocycles. The number of nitrogens with zero attached hydrogens (tertiary/aromatic N) is 1. The van der Waals surface area contributed by atoms with Gasteiger partial charge in [0.15, 0.2) is 0 Å². The molecule has 1 unspecified atom stereocenters. The molecule has 5 nitrogen and oxygen atoms in total. The third-order valence-electron chi connectivity index (χ3n) is 4.25. The van der Waals surface area contributed by atoms with Crippen LogP contribution >= 0.6 is 0 Å². The van der Waals surface area contributed by atoms with Crippen molar-refractivity contribution >= 4 is 17.0 Å². The van der Waals surface area contributed by atoms with Gasteiger partial charge in [-0.2, -0.15) is 0 Å². The number of aryl methyl sites for hydroxylation is 1. The van der Waals surface area contributed by atoms with E-state index in [1.807, 2.05) is 25.1 Å². The number of nitrogens with one attached hydrogen (secondary N) is 1. The number of aromatic nitrogens is 2. The number of H-pyrrole nitrogens is 1. The van der Waals surface area contributed by atoms with E-state index in [0.717, 1.165) is 28.8 Å². The number of aromatic amines is 1. The Bertz CT molecular complexity index is 643. The minimum absolute atomic E-state index is 0.466. The first-order valence-corrected chi connectivity index (χ1v) is 6.48. The lowest BCUT2D eigenvalue weighted by molar-refractivity contribution is -0.156. The van der Waals surface area contributed by atoms with Crippen LogP contribution in [0.2, 0.25) is 0 Å². The topological polar surface area (TPSA) is 92.0 Å². The average Bonchev–Trinajstić information content (AvgIpc) is 2.65. The number of nitrogens with two attached hydrogens (primary N) is 1. The smallest absolute Gasteiger partial charge is 0.311 e. The lowest BCUT2D eigenvalue weighted by Gasteiger charge is -2.42. The van der Waals surface area contributed by atoms with E-state index >= 15 is 0 Å². The first-order valence-electron chi connectivity index (χ1n) is 6.48. The highest BCUT2D eigenvalue weighted by Gasteiger charge is 2.49. The summed E-state index contributed by atoms with van der Waals surface area (Å²) in [5.74, 6) is 0.0597. The number of fused-ring (bicyclic) bond motifs is 1. The molecule has 1 aliphatic rings. The molecule has 1 aromatic carbocycles. The Balaban J connectivity index is 2.01. The Hall–Kier alpha value is -1.88. The molecule has 1 fully saturated rings. The minimum Gasteiger partial charge on any atom is -0.481 e. The number of imidazole rings is 1. The first kappa shape index (κ1) is 12.2. The number of rotatable bonds is 3. The number of carboxylic acids is 1. The maximum atomic E-state index is 11.5. The van der Waals surface area contributed by atoms with Crippen LogP contribution in [0.15, 0.2) is 18.2 Å². The minimum atomic E-state index is -0.789. The summed E-state index contributed by atoms with van der Waals surface area (Å²) < 4.78 is 0. The van der Waals surface area contributed by atoms with Gasteiger partial charge in [0.05, 0.1) is 16.4 Å². The van der Waals surface area contributed by atoms with E-state index in [0.29, 0.717) is 12.8 Å². The van der Waals surface area contributed by atoms with Gasteiger partial charge in [-0.1, -0.05) is 12.5 Å². The second-order valence-corrected chi connectivity index (χ2v) is 5.39. The molecule has 0 saturated heterocycles. The van der Waals surface area contributed by atoms with Crippen molar-refractivity contribution in [2.45, 2.75) is 32.2 Å². The van der Waals surface area contributed by atoms with E-state index in [1.165, 1.54) is 0 Å². The fraction of sp³-hybridized carbons (Fsp3) is 0.429. The number of hydrogen-bond donors (Lipinski definition) is 3. The van der Waals surface area contributed by atoms with E-state index in [-0.39, 0.29) is 0 Å². The van der Waals surface area contributed by atoms with Crippen molar-refractivity contribution in [3.05, 3.63) is 29.6 Å². The summed E-state index contributed by atoms with van der Waals surface area (Å²) in [6, 6.07) is 5.23. The molecule has 1 aliphatic carbocycles. The maximum Gasteiger partial charge on any atom is 0.311 e. The first-order chi connectivity index (χ1) is 9.03. The molecule has 5 heteroatoms. The number of aliphatic carboxylic acids is 1. The zero-order chi connectivity index (χ0) is 13.6. The Labute approximate surface area is 110 Å². The molecule has 0 radical (unpaired) electrons. The lowest BCUT2D eigenvalue weighted by Crippen LogP contribution is -2.46. The fourth-order valence-corrected chi connectivity index (χ4v) is 2.88. The number of carboxylic acid groups (broad SMARTS) is 1. The van der Waals surface area contributed by atoms with Crippen LogP contribution < -0.4 is 5.73 Å². The molecule has 3 rings (SSSR count). The second-order valence-electron chi connectivity index (χ2n) is 5.39. The number of benzene rings is 1. The van der Waals surface area contributed by atoms with Gasteiger partial charge in [-0.05, 0) is 37.5 Å². The Morgan fingerprint density at radius 2 is 2.26 bits per heavy atom. The van der Waals surface area contributed by atoms with Crippen molar-refractivity contribution in [2.75, 3.05) is 0 Å². The van der Waals surface area contributed by atoms with Crippen molar-refractivity contribution in [1.82, 2.24) is 9.97 Å². The van der Waals surface area contributed by atoms with Gasteiger partial charge in [0.2, 0.25) is 0 Å². The van der Waals surface area contributed by atoms with E-state index in [4.69, 9.17) is 5.73 Å². The van der Waals surface area contributed by atoms with E-state index < -0.39 is 17.4 Å². The third-order valence-corrected chi connectivity index (χ3v) is 4.25. The predicted molar refractivity (Wildman–Crippen MR) is 71.7 cm³/mol. The monoisotopic (exact) mass is 259 g/mol. The maximum absolute atomic E-state index is 11.5. The Morgan fingerprint density at radius 3 is 2.84 bits per heavy atom. The molecule has 1 aromatic heterocycles. The highest BCUT2D eigenvalue weighted by Crippen LogP contribution is 2.49. The normalized spacial score (nSPS) is 19.1. The van der Waals surface area contributed by atoms with E-state index in [2.05, 4.69) is 9.97 Å². The predicted octanol–water partition coefficient (Wildman–Crippen LogP) is 2.13. The molecule has 19 heavy (non-hydrogen) atoms. The quantitative estimate of drug-likeness (QED) is 0.787. The van der Waals surface area contributed by atoms with Crippen LogP contribution in [-0.4, -0.2) is 21.0 Å². The molecule has 4 N–H and O–H groups in total. The molecular formula is C14H17N3O2. The molecule has 0 spiro atoms. The van der Waals surface area contributed by atoms with Gasteiger partial charge < -0.3 is 15.8 Å². The van der Waals surface area contributed by atoms with Gasteiger partial charge in [-0.15, -0.1) is 0 Å². The molecule has 100 valence electrons. The standard InChI is InChI=1S/C14H17N3O2/c1-8-16-10-4-3-9(7-11(10)17-8)12(15)14(13(18)19)5-2-6-14/h3-4,7,12H,2,5-6,15H2,1H3,(H,16,17)(H,18,19). The molecule has 0 aliphatic heterocycles. The van der Waals surface area contributed by atoms with Crippen molar-refractivity contribution in [3.63, 3.8) is 0 Å². The fourth-order valence-electron chi connectivity index (χ4n) is 2.88. The van der Waals surface area contributed by atoms with Gasteiger partial charge in [0, 0.05) is 6.04 Å².